The lowest BCUT2D eigenvalue weighted by Gasteiger charge is -2.30. The normalized spacial score (nSPS) is 15.9. The lowest BCUT2D eigenvalue weighted by molar-refractivity contribution is 0.121. The second-order valence-corrected chi connectivity index (χ2v) is 8.85. The molecule has 2 aliphatic heterocycles. The Morgan fingerprint density at radius 3 is 2.21 bits per heavy atom. The number of hydrazone groups is 1. The zero-order valence-corrected chi connectivity index (χ0v) is 21.9. The van der Waals surface area contributed by atoms with Gasteiger partial charge in [-0.3, -0.25) is 0 Å². The van der Waals surface area contributed by atoms with Crippen LogP contribution in [0, 0.1) is 5.82 Å². The highest BCUT2D eigenvalue weighted by Crippen LogP contribution is 2.29. The highest BCUT2D eigenvalue weighted by Gasteiger charge is 2.20. The van der Waals surface area contributed by atoms with Crippen LogP contribution in [0.25, 0.3) is 0 Å². The predicted molar refractivity (Wildman–Crippen MR) is 145 cm³/mol. The van der Waals surface area contributed by atoms with Crippen LogP contribution in [0.1, 0.15) is 18.1 Å². The van der Waals surface area contributed by atoms with Gasteiger partial charge in [-0.2, -0.15) is 20.1 Å². The highest BCUT2D eigenvalue weighted by atomic mass is 19.1. The molecular formula is C27H32FN7O4. The number of morpholine rings is 2. The second kappa shape index (κ2) is 13.2. The summed E-state index contributed by atoms with van der Waals surface area (Å²) in [6.07, 6.45) is 1.65. The minimum atomic E-state index is -0.308. The van der Waals surface area contributed by atoms with Gasteiger partial charge in [-0.05, 0) is 36.8 Å². The quantitative estimate of drug-likeness (QED) is 0.306. The van der Waals surface area contributed by atoms with Crippen LogP contribution in [0.15, 0.2) is 47.6 Å². The molecule has 3 aromatic rings. The van der Waals surface area contributed by atoms with Crippen LogP contribution in [0.5, 0.6) is 11.5 Å². The van der Waals surface area contributed by atoms with E-state index in [2.05, 4.69) is 30.3 Å². The molecule has 3 heterocycles. The van der Waals surface area contributed by atoms with E-state index in [-0.39, 0.29) is 12.4 Å². The molecule has 0 amide bonds. The van der Waals surface area contributed by atoms with Gasteiger partial charge in [0.15, 0.2) is 11.5 Å². The molecule has 0 radical (unpaired) electrons. The fourth-order valence-corrected chi connectivity index (χ4v) is 4.14. The Kier molecular flexibility index (Phi) is 8.97. The van der Waals surface area contributed by atoms with Crippen molar-refractivity contribution in [1.29, 1.82) is 0 Å². The molecule has 1 N–H and O–H groups in total. The molecule has 2 aliphatic rings. The molecule has 0 atom stereocenters. The third kappa shape index (κ3) is 7.09. The van der Waals surface area contributed by atoms with E-state index >= 15 is 0 Å². The maximum Gasteiger partial charge on any atom is 0.250 e. The van der Waals surface area contributed by atoms with Crippen LogP contribution in [0.3, 0.4) is 0 Å². The van der Waals surface area contributed by atoms with Crippen molar-refractivity contribution in [3.05, 3.63) is 59.4 Å². The Bertz CT molecular complexity index is 1230. The van der Waals surface area contributed by atoms with Gasteiger partial charge in [0.1, 0.15) is 12.4 Å². The van der Waals surface area contributed by atoms with Gasteiger partial charge in [0.2, 0.25) is 17.8 Å². The highest BCUT2D eigenvalue weighted by molar-refractivity contribution is 5.81. The Hall–Kier alpha value is -4.03. The first-order valence-corrected chi connectivity index (χ1v) is 13.0. The number of anilines is 3. The molecule has 2 fully saturated rings. The molecule has 0 spiro atoms. The molecule has 39 heavy (non-hydrogen) atoms. The zero-order valence-electron chi connectivity index (χ0n) is 21.9. The minimum Gasteiger partial charge on any atom is -0.490 e. The summed E-state index contributed by atoms with van der Waals surface area (Å²) in [6, 6.07) is 12.0. The predicted octanol–water partition coefficient (Wildman–Crippen LogP) is 3.11. The third-order valence-electron chi connectivity index (χ3n) is 6.19. The van der Waals surface area contributed by atoms with Crippen molar-refractivity contribution in [2.45, 2.75) is 13.5 Å². The van der Waals surface area contributed by atoms with E-state index in [0.717, 1.165) is 5.56 Å². The number of aromatic nitrogens is 3. The van der Waals surface area contributed by atoms with Gasteiger partial charge in [-0.15, -0.1) is 0 Å². The Morgan fingerprint density at radius 2 is 1.56 bits per heavy atom. The van der Waals surface area contributed by atoms with Crippen LogP contribution in [0.4, 0.5) is 22.2 Å². The number of halogens is 1. The van der Waals surface area contributed by atoms with Crippen molar-refractivity contribution in [3.8, 4) is 11.5 Å². The van der Waals surface area contributed by atoms with Gasteiger partial charge in [-0.25, -0.2) is 9.82 Å². The molecule has 11 nitrogen and oxygen atoms in total. The van der Waals surface area contributed by atoms with Crippen molar-refractivity contribution in [2.24, 2.45) is 5.10 Å². The summed E-state index contributed by atoms with van der Waals surface area (Å²) >= 11 is 0. The van der Waals surface area contributed by atoms with E-state index in [9.17, 15) is 4.39 Å². The van der Waals surface area contributed by atoms with Gasteiger partial charge in [0.05, 0.1) is 39.2 Å². The minimum absolute atomic E-state index is 0.0953. The van der Waals surface area contributed by atoms with Crippen LogP contribution < -0.4 is 24.7 Å². The van der Waals surface area contributed by atoms with Crippen molar-refractivity contribution in [1.82, 2.24) is 15.0 Å². The number of nitrogens with zero attached hydrogens (tertiary/aromatic N) is 6. The molecule has 2 saturated heterocycles. The van der Waals surface area contributed by atoms with Crippen molar-refractivity contribution in [2.75, 3.05) is 74.4 Å². The molecular weight excluding hydrogens is 505 g/mol. The van der Waals surface area contributed by atoms with Gasteiger partial charge in [0, 0.05) is 31.7 Å². The Labute approximate surface area is 226 Å². The largest absolute Gasteiger partial charge is 0.490 e. The van der Waals surface area contributed by atoms with Gasteiger partial charge in [-0.1, -0.05) is 18.2 Å². The fourth-order valence-electron chi connectivity index (χ4n) is 4.14. The molecule has 2 aromatic carbocycles. The van der Waals surface area contributed by atoms with Gasteiger partial charge >= 0.3 is 0 Å². The first-order valence-electron chi connectivity index (χ1n) is 13.0. The lowest BCUT2D eigenvalue weighted by Crippen LogP contribution is -2.40. The number of rotatable bonds is 10. The molecule has 0 bridgehead atoms. The number of hydrogen-bond donors (Lipinski definition) is 1. The average Bonchev–Trinajstić information content (AvgIpc) is 2.98. The van der Waals surface area contributed by atoms with Crippen LogP contribution in [-0.4, -0.2) is 80.4 Å². The Morgan fingerprint density at radius 1 is 0.897 bits per heavy atom. The SMILES string of the molecule is CCOc1cc(/C=N/Nc2nc(N3CCOCC3)nc(N3CCOCC3)n2)ccc1OCc1ccccc1F. The molecule has 12 heteroatoms. The number of benzene rings is 2. The standard InChI is InChI=1S/C27H32FN7O4/c1-2-38-24-17-20(7-8-23(24)39-19-21-5-3-4-6-22(21)28)18-29-33-25-30-26(34-9-13-36-14-10-34)32-27(31-25)35-11-15-37-16-12-35/h3-8,17-18H,2,9-16,19H2,1H3,(H,30,31,32,33)/b29-18+. The van der Waals surface area contributed by atoms with Crippen molar-refractivity contribution < 1.29 is 23.3 Å². The number of nitrogens with one attached hydrogen (secondary N) is 1. The maximum absolute atomic E-state index is 14.0. The summed E-state index contributed by atoms with van der Waals surface area (Å²) in [7, 11) is 0. The summed E-state index contributed by atoms with van der Waals surface area (Å²) in [6.45, 7) is 7.78. The van der Waals surface area contributed by atoms with Crippen LogP contribution in [-0.2, 0) is 16.1 Å². The summed E-state index contributed by atoms with van der Waals surface area (Å²) in [5.74, 6) is 2.27. The Balaban J connectivity index is 1.30. The van der Waals surface area contributed by atoms with Crippen molar-refractivity contribution >= 4 is 24.1 Å². The van der Waals surface area contributed by atoms with Gasteiger partial charge < -0.3 is 28.7 Å². The summed E-state index contributed by atoms with van der Waals surface area (Å²) in [5.41, 5.74) is 4.20. The fraction of sp³-hybridized carbons (Fsp3) is 0.407. The summed E-state index contributed by atoms with van der Waals surface area (Å²) in [4.78, 5) is 18.1. The monoisotopic (exact) mass is 537 g/mol. The molecule has 5 rings (SSSR count). The maximum atomic E-state index is 14.0. The van der Waals surface area contributed by atoms with Crippen LogP contribution in [0.2, 0.25) is 0 Å². The van der Waals surface area contributed by atoms with Crippen LogP contribution >= 0.6 is 0 Å². The van der Waals surface area contributed by atoms with E-state index < -0.39 is 0 Å². The number of ether oxygens (including phenoxy) is 4. The number of hydrogen-bond acceptors (Lipinski definition) is 11. The smallest absolute Gasteiger partial charge is 0.250 e. The summed E-state index contributed by atoms with van der Waals surface area (Å²) < 4.78 is 36.5. The zero-order chi connectivity index (χ0) is 26.9. The average molecular weight is 538 g/mol. The van der Waals surface area contributed by atoms with E-state index in [1.165, 1.54) is 6.07 Å². The first kappa shape index (κ1) is 26.6. The summed E-state index contributed by atoms with van der Waals surface area (Å²) in [5, 5.41) is 4.36. The molecule has 0 unspecified atom stereocenters. The van der Waals surface area contributed by atoms with E-state index in [1.807, 2.05) is 19.1 Å². The third-order valence-corrected chi connectivity index (χ3v) is 6.19. The van der Waals surface area contributed by atoms with E-state index in [1.54, 1.807) is 30.5 Å². The first-order chi connectivity index (χ1) is 19.2. The molecule has 206 valence electrons. The van der Waals surface area contributed by atoms with E-state index in [0.29, 0.717) is 94.1 Å². The van der Waals surface area contributed by atoms with Crippen molar-refractivity contribution in [3.63, 3.8) is 0 Å². The van der Waals surface area contributed by atoms with Gasteiger partial charge in [0.25, 0.3) is 0 Å². The van der Waals surface area contributed by atoms with E-state index in [4.69, 9.17) is 23.9 Å². The molecule has 0 aliphatic carbocycles. The molecule has 0 saturated carbocycles. The molecule has 1 aromatic heterocycles. The topological polar surface area (TPSA) is 106 Å². The lowest BCUT2D eigenvalue weighted by atomic mass is 10.2. The second-order valence-electron chi connectivity index (χ2n) is 8.85.